The van der Waals surface area contributed by atoms with Crippen molar-refractivity contribution in [3.8, 4) is 22.6 Å². The number of rotatable bonds is 5. The number of alkyl halides is 3. The second-order valence-corrected chi connectivity index (χ2v) is 6.89. The molecule has 2 aromatic carbocycles. The molecule has 160 valence electrons. The van der Waals surface area contributed by atoms with Gasteiger partial charge in [-0.1, -0.05) is 30.3 Å². The summed E-state index contributed by atoms with van der Waals surface area (Å²) in [6.07, 6.45) is -3.93. The molecule has 1 unspecified atom stereocenters. The highest BCUT2D eigenvalue weighted by atomic mass is 19.4. The Bertz CT molecular complexity index is 1160. The highest BCUT2D eigenvalue weighted by Crippen LogP contribution is 2.27. The third-order valence-electron chi connectivity index (χ3n) is 4.78. The summed E-state index contributed by atoms with van der Waals surface area (Å²) in [5.74, 6) is 1.02. The van der Waals surface area contributed by atoms with Crippen molar-refractivity contribution >= 4 is 12.0 Å². The molecule has 0 radical (unpaired) electrons. The average Bonchev–Trinajstić information content (AvgIpc) is 2.77. The molecule has 0 fully saturated rings. The van der Waals surface area contributed by atoms with Gasteiger partial charge < -0.3 is 10.1 Å². The number of ether oxygens (including phenoxy) is 1. The molecule has 1 atom stereocenters. The molecule has 0 spiro atoms. The molecule has 0 amide bonds. The van der Waals surface area contributed by atoms with Gasteiger partial charge in [0.1, 0.15) is 11.6 Å². The molecule has 1 aliphatic heterocycles. The normalized spacial score (nSPS) is 15.3. The van der Waals surface area contributed by atoms with Gasteiger partial charge in [0.05, 0.1) is 19.3 Å². The van der Waals surface area contributed by atoms with Crippen LogP contribution >= 0.6 is 0 Å². The van der Waals surface area contributed by atoms with Crippen molar-refractivity contribution in [2.75, 3.05) is 19.0 Å². The van der Waals surface area contributed by atoms with Crippen molar-refractivity contribution in [3.63, 3.8) is 0 Å². The van der Waals surface area contributed by atoms with Crippen molar-refractivity contribution < 1.29 is 17.9 Å². The first-order chi connectivity index (χ1) is 14.9. The topological polar surface area (TPSA) is 67.7 Å². The number of benzene rings is 2. The minimum atomic E-state index is -4.38. The third kappa shape index (κ3) is 4.46. The largest absolute Gasteiger partial charge is 0.497 e. The fourth-order valence-corrected chi connectivity index (χ4v) is 3.32. The number of halogens is 3. The maximum Gasteiger partial charge on any atom is 0.401 e. The molecule has 31 heavy (non-hydrogen) atoms. The monoisotopic (exact) mass is 428 g/mol. The number of aliphatic imine (C=N–C) groups is 1. The predicted molar refractivity (Wildman–Crippen MR) is 113 cm³/mol. The molecule has 0 aliphatic carbocycles. The summed E-state index contributed by atoms with van der Waals surface area (Å²) in [6, 6.07) is 17.6. The van der Waals surface area contributed by atoms with Crippen LogP contribution < -0.4 is 20.9 Å². The van der Waals surface area contributed by atoms with Crippen molar-refractivity contribution in [1.29, 1.82) is 0 Å². The van der Waals surface area contributed by atoms with E-state index >= 15 is 0 Å². The van der Waals surface area contributed by atoms with E-state index in [1.807, 2.05) is 6.07 Å². The Labute approximate surface area is 176 Å². The lowest BCUT2D eigenvalue weighted by molar-refractivity contribution is -0.125. The zero-order valence-corrected chi connectivity index (χ0v) is 16.5. The van der Waals surface area contributed by atoms with Crippen LogP contribution in [0.25, 0.3) is 16.8 Å². The van der Waals surface area contributed by atoms with Gasteiger partial charge in [0.15, 0.2) is 6.29 Å². The zero-order valence-electron chi connectivity index (χ0n) is 16.5. The molecule has 2 N–H and O–H groups in total. The number of para-hydroxylation sites is 1. The second kappa shape index (κ2) is 8.27. The first-order valence-corrected chi connectivity index (χ1v) is 9.45. The van der Waals surface area contributed by atoms with Gasteiger partial charge in [-0.3, -0.25) is 19.7 Å². The van der Waals surface area contributed by atoms with Crippen molar-refractivity contribution in [3.05, 3.63) is 76.6 Å². The van der Waals surface area contributed by atoms with E-state index in [9.17, 15) is 18.0 Å². The van der Waals surface area contributed by atoms with Crippen molar-refractivity contribution in [2.45, 2.75) is 12.5 Å². The van der Waals surface area contributed by atoms with E-state index in [4.69, 9.17) is 4.74 Å². The number of nitrogens with zero attached hydrogens (tertiary/aromatic N) is 2. The first-order valence-electron chi connectivity index (χ1n) is 9.45. The van der Waals surface area contributed by atoms with Crippen LogP contribution in [0.5, 0.6) is 5.75 Å². The Balaban J connectivity index is 1.82. The number of hydrogen-bond donors (Lipinski definition) is 2. The minimum absolute atomic E-state index is 0.313. The lowest BCUT2D eigenvalue weighted by atomic mass is 10.0. The quantitative estimate of drug-likeness (QED) is 0.649. The molecule has 1 aliphatic rings. The molecule has 6 nitrogen and oxygen atoms in total. The van der Waals surface area contributed by atoms with Crippen LogP contribution in [0.4, 0.5) is 19.0 Å². The van der Waals surface area contributed by atoms with E-state index in [0.29, 0.717) is 33.9 Å². The van der Waals surface area contributed by atoms with Gasteiger partial charge in [0.25, 0.3) is 5.56 Å². The predicted octanol–water partition coefficient (Wildman–Crippen LogP) is 3.79. The van der Waals surface area contributed by atoms with E-state index in [1.165, 1.54) is 10.8 Å². The van der Waals surface area contributed by atoms with Crippen LogP contribution in [0.3, 0.4) is 0 Å². The van der Waals surface area contributed by atoms with Gasteiger partial charge in [-0.2, -0.15) is 13.2 Å². The lowest BCUT2D eigenvalue weighted by Gasteiger charge is -2.26. The molecule has 1 aromatic heterocycles. The maximum absolute atomic E-state index is 13.5. The average molecular weight is 428 g/mol. The lowest BCUT2D eigenvalue weighted by Crippen LogP contribution is -2.43. The molecule has 9 heteroatoms. The van der Waals surface area contributed by atoms with Gasteiger partial charge in [-0.05, 0) is 35.9 Å². The molecule has 0 bridgehead atoms. The number of methoxy groups -OCH3 is 1. The van der Waals surface area contributed by atoms with Gasteiger partial charge in [-0.25, -0.2) is 0 Å². The number of pyridine rings is 1. The summed E-state index contributed by atoms with van der Waals surface area (Å²) < 4.78 is 44.4. The van der Waals surface area contributed by atoms with Gasteiger partial charge in [-0.15, -0.1) is 0 Å². The van der Waals surface area contributed by atoms with Crippen LogP contribution in [0.15, 0.2) is 70.5 Å². The molecular weight excluding hydrogens is 409 g/mol. The van der Waals surface area contributed by atoms with E-state index in [-0.39, 0.29) is 5.56 Å². The van der Waals surface area contributed by atoms with E-state index in [1.54, 1.807) is 61.7 Å². The van der Waals surface area contributed by atoms with Crippen LogP contribution in [0.1, 0.15) is 5.56 Å². The molecule has 3 aromatic rings. The maximum atomic E-state index is 13.5. The standard InChI is InChI=1S/C22H19F3N4O2/c1-31-17-9-7-14(8-10-17)18-11-15-12-26-21(27-13-22(23,24)25)28-19(15)29(20(18)30)16-5-3-2-4-6-16/h2-12,21,27-28H,13H2,1H3. The Kier molecular flexibility index (Phi) is 5.51. The Hall–Kier alpha value is -3.59. The fourth-order valence-electron chi connectivity index (χ4n) is 3.32. The number of hydrogen-bond acceptors (Lipinski definition) is 5. The summed E-state index contributed by atoms with van der Waals surface area (Å²) >= 11 is 0. The van der Waals surface area contributed by atoms with Crippen molar-refractivity contribution in [1.82, 2.24) is 9.88 Å². The Morgan fingerprint density at radius 1 is 1.13 bits per heavy atom. The van der Waals surface area contributed by atoms with E-state index in [2.05, 4.69) is 15.6 Å². The molecule has 0 saturated heterocycles. The number of aromatic nitrogens is 1. The summed E-state index contributed by atoms with van der Waals surface area (Å²) in [7, 11) is 1.56. The number of nitrogens with one attached hydrogen (secondary N) is 2. The van der Waals surface area contributed by atoms with E-state index in [0.717, 1.165) is 0 Å². The smallest absolute Gasteiger partial charge is 0.401 e. The highest BCUT2D eigenvalue weighted by Gasteiger charge is 2.29. The van der Waals surface area contributed by atoms with Gasteiger partial charge in [0, 0.05) is 17.3 Å². The van der Waals surface area contributed by atoms with Crippen molar-refractivity contribution in [2.24, 2.45) is 4.99 Å². The summed E-state index contributed by atoms with van der Waals surface area (Å²) in [5.41, 5.74) is 1.97. The Morgan fingerprint density at radius 2 is 1.84 bits per heavy atom. The first kappa shape index (κ1) is 20.7. The third-order valence-corrected chi connectivity index (χ3v) is 4.78. The fraction of sp³-hybridized carbons (Fsp3) is 0.182. The summed E-state index contributed by atoms with van der Waals surface area (Å²) in [6.45, 7) is -1.21. The SMILES string of the molecule is COc1ccc(-c2cc3c(n(-c4ccccc4)c2=O)NC(NCC(F)(F)F)N=C3)cc1. The summed E-state index contributed by atoms with van der Waals surface area (Å²) in [4.78, 5) is 17.6. The van der Waals surface area contributed by atoms with Crippen LogP contribution in [-0.4, -0.2) is 36.9 Å². The minimum Gasteiger partial charge on any atom is -0.497 e. The van der Waals surface area contributed by atoms with E-state index < -0.39 is 19.0 Å². The molecule has 2 heterocycles. The molecular formula is C22H19F3N4O2. The van der Waals surface area contributed by atoms with Crippen LogP contribution in [-0.2, 0) is 0 Å². The number of anilines is 1. The number of fused-ring (bicyclic) bond motifs is 1. The second-order valence-electron chi connectivity index (χ2n) is 6.89. The summed E-state index contributed by atoms with van der Waals surface area (Å²) in [5, 5.41) is 5.20. The van der Waals surface area contributed by atoms with Crippen LogP contribution in [0.2, 0.25) is 0 Å². The van der Waals surface area contributed by atoms with Gasteiger partial charge >= 0.3 is 6.18 Å². The van der Waals surface area contributed by atoms with Gasteiger partial charge in [0.2, 0.25) is 0 Å². The molecule has 0 saturated carbocycles. The molecule has 4 rings (SSSR count). The Morgan fingerprint density at radius 3 is 2.48 bits per heavy atom. The zero-order chi connectivity index (χ0) is 22.0. The highest BCUT2D eigenvalue weighted by molar-refractivity contribution is 5.91. The van der Waals surface area contributed by atoms with Crippen LogP contribution in [0, 0.1) is 0 Å².